The summed E-state index contributed by atoms with van der Waals surface area (Å²) in [6, 6.07) is 17.9. The van der Waals surface area contributed by atoms with E-state index in [0.29, 0.717) is 0 Å². The van der Waals surface area contributed by atoms with Gasteiger partial charge in [-0.1, -0.05) is 54.6 Å². The third kappa shape index (κ3) is 4.66. The first-order chi connectivity index (χ1) is 11.4. The van der Waals surface area contributed by atoms with Gasteiger partial charge in [-0.25, -0.2) is 0 Å². The van der Waals surface area contributed by atoms with Gasteiger partial charge in [0.1, 0.15) is 5.54 Å². The van der Waals surface area contributed by atoms with E-state index in [1.54, 1.807) is 6.92 Å². The van der Waals surface area contributed by atoms with Crippen LogP contribution in [0.5, 0.6) is 0 Å². The third-order valence-electron chi connectivity index (χ3n) is 4.54. The van der Waals surface area contributed by atoms with E-state index >= 15 is 0 Å². The minimum atomic E-state index is -1.25. The lowest BCUT2D eigenvalue weighted by molar-refractivity contribution is -0.123. The van der Waals surface area contributed by atoms with Crippen molar-refractivity contribution in [3.8, 4) is 0 Å². The molecule has 2 aromatic carbocycles. The monoisotopic (exact) mass is 325 g/mol. The number of amides is 1. The minimum Gasteiger partial charge on any atom is -0.368 e. The molecule has 4 nitrogen and oxygen atoms in total. The molecular weight excluding hydrogens is 298 g/mol. The molecule has 4 heteroatoms. The zero-order valence-corrected chi connectivity index (χ0v) is 14.2. The molecule has 0 spiro atoms. The van der Waals surface area contributed by atoms with E-state index in [1.165, 1.54) is 11.1 Å². The summed E-state index contributed by atoms with van der Waals surface area (Å²) in [5.74, 6) is -0.597. The van der Waals surface area contributed by atoms with E-state index in [9.17, 15) is 4.79 Å². The maximum Gasteiger partial charge on any atom is 0.239 e. The Kier molecular flexibility index (Phi) is 6.12. The highest BCUT2D eigenvalue weighted by molar-refractivity contribution is 5.85. The Morgan fingerprint density at radius 2 is 1.46 bits per heavy atom. The van der Waals surface area contributed by atoms with Gasteiger partial charge in [0.05, 0.1) is 6.04 Å². The molecule has 0 bridgehead atoms. The number of primary amides is 1. The van der Waals surface area contributed by atoms with Crippen LogP contribution >= 0.6 is 0 Å². The van der Waals surface area contributed by atoms with Gasteiger partial charge >= 0.3 is 0 Å². The second-order valence-electron chi connectivity index (χ2n) is 6.56. The summed E-state index contributed by atoms with van der Waals surface area (Å²) in [6.45, 7) is 1.57. The number of rotatable bonds is 8. The lowest BCUT2D eigenvalue weighted by Gasteiger charge is -2.28. The van der Waals surface area contributed by atoms with Crippen LogP contribution in [-0.4, -0.2) is 11.4 Å². The van der Waals surface area contributed by atoms with Crippen molar-refractivity contribution in [1.82, 2.24) is 0 Å². The van der Waals surface area contributed by atoms with Crippen LogP contribution in [0.3, 0.4) is 0 Å². The van der Waals surface area contributed by atoms with Crippen LogP contribution in [0, 0.1) is 0 Å². The summed E-state index contributed by atoms with van der Waals surface area (Å²) in [5.41, 5.74) is 19.6. The molecule has 2 rings (SSSR count). The van der Waals surface area contributed by atoms with Crippen molar-refractivity contribution in [3.05, 3.63) is 71.3 Å². The molecule has 2 aromatic rings. The number of hydrogen-bond acceptors (Lipinski definition) is 3. The zero-order valence-electron chi connectivity index (χ0n) is 14.2. The van der Waals surface area contributed by atoms with Crippen LogP contribution in [0.4, 0.5) is 0 Å². The molecule has 0 aromatic heterocycles. The Hall–Kier alpha value is -2.17. The molecule has 2 unspecified atom stereocenters. The molecule has 0 radical (unpaired) electrons. The van der Waals surface area contributed by atoms with Crippen molar-refractivity contribution in [2.45, 2.75) is 44.2 Å². The van der Waals surface area contributed by atoms with Crippen molar-refractivity contribution in [2.24, 2.45) is 17.2 Å². The van der Waals surface area contributed by atoms with Crippen molar-refractivity contribution in [2.75, 3.05) is 0 Å². The average molecular weight is 325 g/mol. The van der Waals surface area contributed by atoms with Gasteiger partial charge in [0.25, 0.3) is 0 Å². The van der Waals surface area contributed by atoms with Crippen molar-refractivity contribution in [3.63, 3.8) is 0 Å². The van der Waals surface area contributed by atoms with E-state index < -0.39 is 17.5 Å². The van der Waals surface area contributed by atoms with Crippen LogP contribution in [0.2, 0.25) is 0 Å². The van der Waals surface area contributed by atoms with Gasteiger partial charge < -0.3 is 17.2 Å². The van der Waals surface area contributed by atoms with E-state index in [0.717, 1.165) is 31.2 Å². The van der Waals surface area contributed by atoms with Crippen molar-refractivity contribution < 1.29 is 4.79 Å². The van der Waals surface area contributed by atoms with Crippen molar-refractivity contribution in [1.29, 1.82) is 0 Å². The van der Waals surface area contributed by atoms with E-state index in [2.05, 4.69) is 36.4 Å². The average Bonchev–Trinajstić information content (AvgIpc) is 2.59. The number of benzene rings is 2. The highest BCUT2D eigenvalue weighted by Gasteiger charge is 2.34. The maximum absolute atomic E-state index is 11.4. The molecule has 0 fully saturated rings. The van der Waals surface area contributed by atoms with E-state index in [1.807, 2.05) is 18.2 Å². The van der Waals surface area contributed by atoms with Gasteiger partial charge in [-0.3, -0.25) is 4.79 Å². The van der Waals surface area contributed by atoms with Gasteiger partial charge in [-0.2, -0.15) is 0 Å². The predicted octanol–water partition coefficient (Wildman–Crippen LogP) is 2.45. The molecule has 24 heavy (non-hydrogen) atoms. The first-order valence-corrected chi connectivity index (χ1v) is 8.38. The number of carbonyl (C=O) groups excluding carboxylic acids is 1. The maximum atomic E-state index is 11.4. The van der Waals surface area contributed by atoms with Crippen LogP contribution in [0.1, 0.15) is 42.5 Å². The first kappa shape index (κ1) is 18.2. The highest BCUT2D eigenvalue weighted by Crippen LogP contribution is 2.22. The van der Waals surface area contributed by atoms with Crippen LogP contribution in [0.15, 0.2) is 54.6 Å². The van der Waals surface area contributed by atoms with Gasteiger partial charge in [0.2, 0.25) is 5.91 Å². The molecule has 0 aliphatic heterocycles. The number of unbranched alkanes of at least 4 members (excludes halogenated alkanes) is 1. The lowest BCUT2D eigenvalue weighted by Crippen LogP contribution is -2.56. The molecule has 128 valence electrons. The Labute approximate surface area is 144 Å². The van der Waals surface area contributed by atoms with Crippen molar-refractivity contribution >= 4 is 5.91 Å². The largest absolute Gasteiger partial charge is 0.368 e. The Bertz CT molecular complexity index is 650. The topological polar surface area (TPSA) is 95.1 Å². The lowest BCUT2D eigenvalue weighted by atomic mass is 9.87. The molecule has 6 N–H and O–H groups in total. The third-order valence-corrected chi connectivity index (χ3v) is 4.54. The molecule has 0 saturated carbocycles. The Balaban J connectivity index is 1.85. The van der Waals surface area contributed by atoms with Gasteiger partial charge in [0.15, 0.2) is 0 Å². The molecule has 0 heterocycles. The summed E-state index contributed by atoms with van der Waals surface area (Å²) in [7, 11) is 0. The molecule has 0 aliphatic carbocycles. The first-order valence-electron chi connectivity index (χ1n) is 8.38. The molecular formula is C20H27N3O. The van der Waals surface area contributed by atoms with Crippen LogP contribution in [-0.2, 0) is 17.6 Å². The second-order valence-corrected chi connectivity index (χ2v) is 6.56. The summed E-state index contributed by atoms with van der Waals surface area (Å²) in [5, 5.41) is 0. The number of nitrogens with two attached hydrogens (primary N) is 3. The summed E-state index contributed by atoms with van der Waals surface area (Å²) < 4.78 is 0. The Morgan fingerprint density at radius 3 is 1.96 bits per heavy atom. The summed E-state index contributed by atoms with van der Waals surface area (Å²) >= 11 is 0. The smallest absolute Gasteiger partial charge is 0.239 e. The fourth-order valence-corrected chi connectivity index (χ4v) is 2.69. The second kappa shape index (κ2) is 8.08. The molecule has 1 amide bonds. The van der Waals surface area contributed by atoms with Gasteiger partial charge in [-0.15, -0.1) is 0 Å². The fourth-order valence-electron chi connectivity index (χ4n) is 2.69. The fraction of sp³-hybridized carbons (Fsp3) is 0.350. The van der Waals surface area contributed by atoms with E-state index in [4.69, 9.17) is 17.2 Å². The zero-order chi connectivity index (χ0) is 17.6. The Morgan fingerprint density at radius 1 is 0.958 bits per heavy atom. The molecule has 0 aliphatic rings. The molecule has 2 atom stereocenters. The van der Waals surface area contributed by atoms with Crippen LogP contribution in [0.25, 0.3) is 0 Å². The minimum absolute atomic E-state index is 0.597. The number of aryl methyl sites for hydroxylation is 2. The molecule has 0 saturated heterocycles. The van der Waals surface area contributed by atoms with Gasteiger partial charge in [-0.05, 0) is 49.3 Å². The number of carbonyl (C=O) groups is 1. The quantitative estimate of drug-likeness (QED) is 0.651. The van der Waals surface area contributed by atoms with Crippen LogP contribution < -0.4 is 17.2 Å². The predicted molar refractivity (Wildman–Crippen MR) is 98.2 cm³/mol. The standard InChI is InChI=1S/C20H27N3O/c1-20(23,19(22)24)18(21)17-13-11-16(12-14-17)10-6-5-9-15-7-3-2-4-8-15/h2-4,7-8,11-14,18H,5-6,9-10,21,23H2,1H3,(H2,22,24). The summed E-state index contributed by atoms with van der Waals surface area (Å²) in [6.07, 6.45) is 4.43. The normalized spacial score (nSPS) is 14.8. The van der Waals surface area contributed by atoms with Gasteiger partial charge in [0, 0.05) is 0 Å². The summed E-state index contributed by atoms with van der Waals surface area (Å²) in [4.78, 5) is 11.4. The van der Waals surface area contributed by atoms with E-state index in [-0.39, 0.29) is 0 Å². The SMILES string of the molecule is CC(N)(C(N)=O)C(N)c1ccc(CCCCc2ccccc2)cc1. The number of hydrogen-bond donors (Lipinski definition) is 3. The highest BCUT2D eigenvalue weighted by atomic mass is 16.1.